The fourth-order valence-electron chi connectivity index (χ4n) is 1.79. The summed E-state index contributed by atoms with van der Waals surface area (Å²) in [5.74, 6) is 0. The highest BCUT2D eigenvalue weighted by Gasteiger charge is 2.05. The van der Waals surface area contributed by atoms with Crippen LogP contribution in [-0.2, 0) is 6.42 Å². The number of aromatic amines is 1. The first-order valence-corrected chi connectivity index (χ1v) is 4.86. The Morgan fingerprint density at radius 2 is 2.29 bits per heavy atom. The number of nitrogens with zero attached hydrogens (tertiary/aromatic N) is 1. The summed E-state index contributed by atoms with van der Waals surface area (Å²) in [6, 6.07) is 8.31. The van der Waals surface area contributed by atoms with Crippen molar-refractivity contribution in [2.45, 2.75) is 19.8 Å². The van der Waals surface area contributed by atoms with Crippen molar-refractivity contribution < 1.29 is 0 Å². The smallest absolute Gasteiger partial charge is 0.101 e. The molecule has 0 aliphatic heterocycles. The van der Waals surface area contributed by atoms with Crippen molar-refractivity contribution in [3.05, 3.63) is 35.5 Å². The lowest BCUT2D eigenvalue weighted by atomic mass is 10.1. The average Bonchev–Trinajstić information content (AvgIpc) is 2.62. The van der Waals surface area contributed by atoms with Gasteiger partial charge in [-0.1, -0.05) is 31.5 Å². The molecule has 70 valence electrons. The molecule has 0 radical (unpaired) electrons. The molecule has 0 spiro atoms. The van der Waals surface area contributed by atoms with E-state index < -0.39 is 0 Å². The normalized spacial score (nSPS) is 10.3. The summed E-state index contributed by atoms with van der Waals surface area (Å²) in [6.45, 7) is 2.16. The van der Waals surface area contributed by atoms with Crippen LogP contribution in [0.15, 0.2) is 24.4 Å². The summed E-state index contributed by atoms with van der Waals surface area (Å²) < 4.78 is 0. The molecule has 0 fully saturated rings. The summed E-state index contributed by atoms with van der Waals surface area (Å²) in [5, 5.41) is 9.92. The second kappa shape index (κ2) is 3.55. The Balaban J connectivity index is 2.65. The van der Waals surface area contributed by atoms with Gasteiger partial charge in [0.15, 0.2) is 0 Å². The van der Waals surface area contributed by atoms with Crippen LogP contribution >= 0.6 is 0 Å². The fourth-order valence-corrected chi connectivity index (χ4v) is 1.79. The molecule has 0 aliphatic rings. The lowest BCUT2D eigenvalue weighted by molar-refractivity contribution is 0.927. The van der Waals surface area contributed by atoms with Crippen LogP contribution in [0.5, 0.6) is 0 Å². The highest BCUT2D eigenvalue weighted by Crippen LogP contribution is 2.21. The molecule has 0 aliphatic carbocycles. The zero-order valence-corrected chi connectivity index (χ0v) is 8.17. The molecule has 1 aromatic carbocycles. The van der Waals surface area contributed by atoms with E-state index >= 15 is 0 Å². The SMILES string of the molecule is CCCc1cccc2c(C#N)c[nH]c12. The van der Waals surface area contributed by atoms with Crippen molar-refractivity contribution in [1.29, 1.82) is 5.26 Å². The van der Waals surface area contributed by atoms with Crippen molar-refractivity contribution in [2.24, 2.45) is 0 Å². The van der Waals surface area contributed by atoms with Gasteiger partial charge >= 0.3 is 0 Å². The molecule has 0 atom stereocenters. The first-order valence-electron chi connectivity index (χ1n) is 4.86. The molecule has 0 saturated carbocycles. The third-order valence-electron chi connectivity index (χ3n) is 2.44. The first-order chi connectivity index (χ1) is 6.86. The van der Waals surface area contributed by atoms with Gasteiger partial charge in [0.05, 0.1) is 5.56 Å². The lowest BCUT2D eigenvalue weighted by Crippen LogP contribution is -1.84. The minimum absolute atomic E-state index is 0.734. The number of H-pyrrole nitrogens is 1. The van der Waals surface area contributed by atoms with Crippen LogP contribution in [0, 0.1) is 11.3 Å². The van der Waals surface area contributed by atoms with E-state index in [4.69, 9.17) is 5.26 Å². The van der Waals surface area contributed by atoms with E-state index in [-0.39, 0.29) is 0 Å². The number of benzene rings is 1. The largest absolute Gasteiger partial charge is 0.360 e. The van der Waals surface area contributed by atoms with Gasteiger partial charge < -0.3 is 4.98 Å². The minimum Gasteiger partial charge on any atom is -0.360 e. The van der Waals surface area contributed by atoms with E-state index in [2.05, 4.69) is 24.0 Å². The molecule has 1 aromatic heterocycles. The molecular weight excluding hydrogens is 172 g/mol. The number of para-hydroxylation sites is 1. The highest BCUT2D eigenvalue weighted by atomic mass is 14.7. The van der Waals surface area contributed by atoms with Crippen molar-refractivity contribution >= 4 is 10.9 Å². The Morgan fingerprint density at radius 3 is 3.00 bits per heavy atom. The minimum atomic E-state index is 0.734. The van der Waals surface area contributed by atoms with Crippen LogP contribution in [0.3, 0.4) is 0 Å². The summed E-state index contributed by atoms with van der Waals surface area (Å²) in [4.78, 5) is 3.17. The van der Waals surface area contributed by atoms with Crippen molar-refractivity contribution in [3.8, 4) is 6.07 Å². The molecule has 0 amide bonds. The third kappa shape index (κ3) is 1.27. The maximum absolute atomic E-state index is 8.88. The van der Waals surface area contributed by atoms with Crippen LogP contribution in [-0.4, -0.2) is 4.98 Å². The number of nitriles is 1. The number of hydrogen-bond acceptors (Lipinski definition) is 1. The topological polar surface area (TPSA) is 39.6 Å². The van der Waals surface area contributed by atoms with E-state index in [0.29, 0.717) is 0 Å². The molecule has 2 aromatic rings. The standard InChI is InChI=1S/C12H12N2/c1-2-4-9-5-3-6-11-10(7-13)8-14-12(9)11/h3,5-6,8,14H,2,4H2,1H3. The van der Waals surface area contributed by atoms with Crippen molar-refractivity contribution in [3.63, 3.8) is 0 Å². The average molecular weight is 184 g/mol. The van der Waals surface area contributed by atoms with Crippen molar-refractivity contribution in [2.75, 3.05) is 0 Å². The number of rotatable bonds is 2. The van der Waals surface area contributed by atoms with E-state index in [0.717, 1.165) is 29.3 Å². The second-order valence-corrected chi connectivity index (χ2v) is 3.40. The number of aromatic nitrogens is 1. The Labute approximate surface area is 83.2 Å². The van der Waals surface area contributed by atoms with Gasteiger partial charge in [-0.2, -0.15) is 5.26 Å². The molecule has 1 heterocycles. The van der Waals surface area contributed by atoms with Gasteiger partial charge in [0.1, 0.15) is 6.07 Å². The van der Waals surface area contributed by atoms with Gasteiger partial charge in [0, 0.05) is 17.1 Å². The van der Waals surface area contributed by atoms with E-state index in [1.54, 1.807) is 6.20 Å². The molecule has 2 heteroatoms. The Bertz CT molecular complexity index is 488. The monoisotopic (exact) mass is 184 g/mol. The van der Waals surface area contributed by atoms with Gasteiger partial charge in [0.25, 0.3) is 0 Å². The molecule has 14 heavy (non-hydrogen) atoms. The van der Waals surface area contributed by atoms with Gasteiger partial charge in [0.2, 0.25) is 0 Å². The van der Waals surface area contributed by atoms with Crippen LogP contribution in [0.25, 0.3) is 10.9 Å². The zero-order valence-electron chi connectivity index (χ0n) is 8.17. The molecule has 1 N–H and O–H groups in total. The number of nitrogens with one attached hydrogen (secondary N) is 1. The molecule has 0 bridgehead atoms. The first kappa shape index (κ1) is 8.83. The van der Waals surface area contributed by atoms with Gasteiger partial charge in [-0.05, 0) is 12.0 Å². The van der Waals surface area contributed by atoms with Gasteiger partial charge in [-0.25, -0.2) is 0 Å². The summed E-state index contributed by atoms with van der Waals surface area (Å²) in [6.07, 6.45) is 3.96. The summed E-state index contributed by atoms with van der Waals surface area (Å²) >= 11 is 0. The molecule has 0 unspecified atom stereocenters. The molecule has 0 saturated heterocycles. The molecule has 2 rings (SSSR count). The zero-order chi connectivity index (χ0) is 9.97. The quantitative estimate of drug-likeness (QED) is 0.765. The van der Waals surface area contributed by atoms with Gasteiger partial charge in [-0.15, -0.1) is 0 Å². The van der Waals surface area contributed by atoms with Gasteiger partial charge in [-0.3, -0.25) is 0 Å². The lowest BCUT2D eigenvalue weighted by Gasteiger charge is -2.00. The Morgan fingerprint density at radius 1 is 1.43 bits per heavy atom. The Kier molecular flexibility index (Phi) is 2.24. The van der Waals surface area contributed by atoms with Crippen LogP contribution < -0.4 is 0 Å². The second-order valence-electron chi connectivity index (χ2n) is 3.40. The van der Waals surface area contributed by atoms with E-state index in [9.17, 15) is 0 Å². The van der Waals surface area contributed by atoms with Crippen LogP contribution in [0.1, 0.15) is 24.5 Å². The van der Waals surface area contributed by atoms with E-state index in [1.807, 2.05) is 12.1 Å². The summed E-state index contributed by atoms with van der Waals surface area (Å²) in [7, 11) is 0. The predicted molar refractivity (Wildman–Crippen MR) is 57.0 cm³/mol. The fraction of sp³-hybridized carbons (Fsp3) is 0.250. The molecule has 2 nitrogen and oxygen atoms in total. The van der Waals surface area contributed by atoms with Crippen LogP contribution in [0.2, 0.25) is 0 Å². The number of aryl methyl sites for hydroxylation is 1. The Hall–Kier alpha value is -1.75. The van der Waals surface area contributed by atoms with E-state index in [1.165, 1.54) is 5.56 Å². The number of fused-ring (bicyclic) bond motifs is 1. The maximum atomic E-state index is 8.88. The predicted octanol–water partition coefficient (Wildman–Crippen LogP) is 2.99. The summed E-state index contributed by atoms with van der Waals surface area (Å²) in [5.41, 5.74) is 3.15. The molecular formula is C12H12N2. The van der Waals surface area contributed by atoms with Crippen molar-refractivity contribution in [1.82, 2.24) is 4.98 Å². The third-order valence-corrected chi connectivity index (χ3v) is 2.44. The number of hydrogen-bond donors (Lipinski definition) is 1. The highest BCUT2D eigenvalue weighted by molar-refractivity contribution is 5.88. The van der Waals surface area contributed by atoms with Crippen LogP contribution in [0.4, 0.5) is 0 Å². The maximum Gasteiger partial charge on any atom is 0.101 e.